The highest BCUT2D eigenvalue weighted by Crippen LogP contribution is 2.15. The van der Waals surface area contributed by atoms with E-state index in [-0.39, 0.29) is 25.6 Å². The highest BCUT2D eigenvalue weighted by molar-refractivity contribution is 6.30. The summed E-state index contributed by atoms with van der Waals surface area (Å²) in [5.41, 5.74) is 0. The topological polar surface area (TPSA) is 95.9 Å². The molecule has 0 fully saturated rings. The van der Waals surface area contributed by atoms with Gasteiger partial charge in [0.05, 0.1) is 0 Å². The summed E-state index contributed by atoms with van der Waals surface area (Å²) in [6.07, 6.45) is 0. The molecule has 0 heterocycles. The zero-order chi connectivity index (χ0) is 17.4. The smallest absolute Gasteiger partial charge is 0.326 e. The molecular formula is C15H19ClN2O5. The predicted molar refractivity (Wildman–Crippen MR) is 84.4 cm³/mol. The van der Waals surface area contributed by atoms with Crippen LogP contribution in [-0.2, 0) is 14.4 Å². The number of benzene rings is 1. The van der Waals surface area contributed by atoms with Crippen molar-refractivity contribution in [1.29, 1.82) is 0 Å². The van der Waals surface area contributed by atoms with E-state index in [1.165, 1.54) is 13.8 Å². The quantitative estimate of drug-likeness (QED) is 0.739. The van der Waals surface area contributed by atoms with Crippen molar-refractivity contribution in [2.75, 3.05) is 19.7 Å². The minimum absolute atomic E-state index is 0.0792. The number of hydrogen-bond donors (Lipinski definition) is 2. The van der Waals surface area contributed by atoms with Crippen molar-refractivity contribution in [2.24, 2.45) is 0 Å². The summed E-state index contributed by atoms with van der Waals surface area (Å²) in [6.45, 7) is 2.68. The number of carbonyl (C=O) groups excluding carboxylic acids is 2. The first kappa shape index (κ1) is 18.8. The molecule has 0 aliphatic rings. The lowest BCUT2D eigenvalue weighted by atomic mass is 10.2. The van der Waals surface area contributed by atoms with Gasteiger partial charge in [0.15, 0.2) is 6.61 Å². The third-order valence-electron chi connectivity index (χ3n) is 3.05. The molecular weight excluding hydrogens is 324 g/mol. The Morgan fingerprint density at radius 3 is 2.43 bits per heavy atom. The first-order valence-electron chi connectivity index (χ1n) is 6.96. The fourth-order valence-corrected chi connectivity index (χ4v) is 1.90. The molecule has 1 atom stereocenters. The number of carboxylic acid groups (broad SMARTS) is 1. The van der Waals surface area contributed by atoms with Crippen molar-refractivity contribution < 1.29 is 24.2 Å². The van der Waals surface area contributed by atoms with E-state index in [1.54, 1.807) is 24.3 Å². The molecule has 0 aliphatic carbocycles. The molecule has 1 aromatic carbocycles. The number of amides is 2. The highest BCUT2D eigenvalue weighted by atomic mass is 35.5. The molecule has 0 saturated carbocycles. The Hall–Kier alpha value is -2.28. The third-order valence-corrected chi connectivity index (χ3v) is 3.30. The van der Waals surface area contributed by atoms with E-state index < -0.39 is 17.9 Å². The molecule has 8 heteroatoms. The molecule has 7 nitrogen and oxygen atoms in total. The van der Waals surface area contributed by atoms with E-state index >= 15 is 0 Å². The summed E-state index contributed by atoms with van der Waals surface area (Å²) < 4.78 is 5.33. The molecule has 0 spiro atoms. The lowest BCUT2D eigenvalue weighted by molar-refractivity contribution is -0.150. The van der Waals surface area contributed by atoms with Gasteiger partial charge >= 0.3 is 5.97 Å². The molecule has 0 aromatic heterocycles. The number of carboxylic acids is 1. The maximum atomic E-state index is 12.2. The van der Waals surface area contributed by atoms with Gasteiger partial charge in [0, 0.05) is 25.0 Å². The SMILES string of the molecule is CC(=O)NCCN(C(=O)COc1ccc(Cl)cc1)C(C)C(=O)O. The van der Waals surface area contributed by atoms with Gasteiger partial charge in [-0.05, 0) is 31.2 Å². The van der Waals surface area contributed by atoms with Crippen molar-refractivity contribution >= 4 is 29.4 Å². The Morgan fingerprint density at radius 1 is 1.30 bits per heavy atom. The molecule has 1 aromatic rings. The van der Waals surface area contributed by atoms with E-state index in [0.29, 0.717) is 10.8 Å². The Morgan fingerprint density at radius 2 is 1.91 bits per heavy atom. The van der Waals surface area contributed by atoms with E-state index in [9.17, 15) is 14.4 Å². The van der Waals surface area contributed by atoms with Crippen LogP contribution in [0.4, 0.5) is 0 Å². The number of aliphatic carboxylic acids is 1. The summed E-state index contributed by atoms with van der Waals surface area (Å²) in [6, 6.07) is 5.44. The summed E-state index contributed by atoms with van der Waals surface area (Å²) >= 11 is 5.75. The second-order valence-corrected chi connectivity index (χ2v) is 5.26. The molecule has 0 radical (unpaired) electrons. The van der Waals surface area contributed by atoms with Gasteiger partial charge in [-0.1, -0.05) is 11.6 Å². The summed E-state index contributed by atoms with van der Waals surface area (Å²) in [5, 5.41) is 12.2. The molecule has 0 aliphatic heterocycles. The number of halogens is 1. The lowest BCUT2D eigenvalue weighted by Gasteiger charge is -2.26. The Bertz CT molecular complexity index is 561. The fourth-order valence-electron chi connectivity index (χ4n) is 1.78. The second kappa shape index (κ2) is 8.99. The van der Waals surface area contributed by atoms with Crippen molar-refractivity contribution in [2.45, 2.75) is 19.9 Å². The fraction of sp³-hybridized carbons (Fsp3) is 0.400. The highest BCUT2D eigenvalue weighted by Gasteiger charge is 2.25. The van der Waals surface area contributed by atoms with Crippen molar-refractivity contribution in [3.8, 4) is 5.75 Å². The minimum atomic E-state index is -1.13. The number of ether oxygens (including phenoxy) is 1. The molecule has 1 rings (SSSR count). The maximum Gasteiger partial charge on any atom is 0.326 e. The van der Waals surface area contributed by atoms with Crippen molar-refractivity contribution in [3.05, 3.63) is 29.3 Å². The van der Waals surface area contributed by atoms with Crippen LogP contribution in [-0.4, -0.2) is 53.5 Å². The maximum absolute atomic E-state index is 12.2. The molecule has 126 valence electrons. The van der Waals surface area contributed by atoms with Crippen molar-refractivity contribution in [1.82, 2.24) is 10.2 Å². The number of carbonyl (C=O) groups is 3. The van der Waals surface area contributed by atoms with Crippen molar-refractivity contribution in [3.63, 3.8) is 0 Å². The van der Waals surface area contributed by atoms with Gasteiger partial charge in [0.25, 0.3) is 5.91 Å². The number of nitrogens with zero attached hydrogens (tertiary/aromatic N) is 1. The average Bonchev–Trinajstić information content (AvgIpc) is 2.49. The van der Waals surface area contributed by atoms with E-state index in [1.807, 2.05) is 0 Å². The lowest BCUT2D eigenvalue weighted by Crippen LogP contribution is -2.48. The van der Waals surface area contributed by atoms with Gasteiger partial charge in [-0.3, -0.25) is 9.59 Å². The first-order chi connectivity index (χ1) is 10.8. The summed E-state index contributed by atoms with van der Waals surface area (Å²) in [7, 11) is 0. The first-order valence-corrected chi connectivity index (χ1v) is 7.34. The average molecular weight is 343 g/mol. The molecule has 1 unspecified atom stereocenters. The Kier molecular flexibility index (Phi) is 7.34. The van der Waals surface area contributed by atoms with Crippen LogP contribution in [0, 0.1) is 0 Å². The molecule has 2 N–H and O–H groups in total. The van der Waals surface area contributed by atoms with Gasteiger partial charge in [0.2, 0.25) is 5.91 Å². The van der Waals surface area contributed by atoms with Crippen LogP contribution in [0.25, 0.3) is 0 Å². The van der Waals surface area contributed by atoms with Gasteiger partial charge < -0.3 is 20.1 Å². The largest absolute Gasteiger partial charge is 0.484 e. The van der Waals surface area contributed by atoms with Crippen LogP contribution in [0.1, 0.15) is 13.8 Å². The zero-order valence-electron chi connectivity index (χ0n) is 12.9. The molecule has 2 amide bonds. The van der Waals surface area contributed by atoms with Crippen LogP contribution >= 0.6 is 11.6 Å². The number of hydrogen-bond acceptors (Lipinski definition) is 4. The molecule has 23 heavy (non-hydrogen) atoms. The van der Waals surface area contributed by atoms with Crippen LogP contribution in [0.2, 0.25) is 5.02 Å². The predicted octanol–water partition coefficient (Wildman–Crippen LogP) is 1.16. The normalized spacial score (nSPS) is 11.4. The van der Waals surface area contributed by atoms with Crippen LogP contribution in [0.15, 0.2) is 24.3 Å². The number of rotatable bonds is 8. The van der Waals surface area contributed by atoms with Crippen LogP contribution < -0.4 is 10.1 Å². The zero-order valence-corrected chi connectivity index (χ0v) is 13.7. The van der Waals surface area contributed by atoms with Gasteiger partial charge in [-0.25, -0.2) is 4.79 Å². The summed E-state index contributed by atoms with van der Waals surface area (Å²) in [5.74, 6) is -1.42. The van der Waals surface area contributed by atoms with E-state index in [2.05, 4.69) is 5.32 Å². The Balaban J connectivity index is 2.64. The van der Waals surface area contributed by atoms with Gasteiger partial charge in [0.1, 0.15) is 11.8 Å². The van der Waals surface area contributed by atoms with Gasteiger partial charge in [-0.2, -0.15) is 0 Å². The van der Waals surface area contributed by atoms with Crippen LogP contribution in [0.3, 0.4) is 0 Å². The van der Waals surface area contributed by atoms with E-state index in [4.69, 9.17) is 21.4 Å². The minimum Gasteiger partial charge on any atom is -0.484 e. The standard InChI is InChI=1S/C15H19ClN2O5/c1-10(15(21)22)18(8-7-17-11(2)19)14(20)9-23-13-5-3-12(16)4-6-13/h3-6,10H,7-9H2,1-2H3,(H,17,19)(H,21,22). The second-order valence-electron chi connectivity index (χ2n) is 4.83. The summed E-state index contributed by atoms with van der Waals surface area (Å²) in [4.78, 5) is 35.3. The third kappa shape index (κ3) is 6.56. The van der Waals surface area contributed by atoms with Crippen LogP contribution in [0.5, 0.6) is 5.75 Å². The Labute approximate surface area is 139 Å². The molecule has 0 saturated heterocycles. The number of nitrogens with one attached hydrogen (secondary N) is 1. The van der Waals surface area contributed by atoms with E-state index in [0.717, 1.165) is 4.90 Å². The van der Waals surface area contributed by atoms with Gasteiger partial charge in [-0.15, -0.1) is 0 Å². The molecule has 0 bridgehead atoms. The monoisotopic (exact) mass is 342 g/mol.